The zero-order valence-corrected chi connectivity index (χ0v) is 9.64. The summed E-state index contributed by atoms with van der Waals surface area (Å²) in [6.07, 6.45) is 1.86. The predicted molar refractivity (Wildman–Crippen MR) is 57.4 cm³/mol. The number of rotatable bonds is 6. The highest BCUT2D eigenvalue weighted by atomic mass is 16.5. The highest BCUT2D eigenvalue weighted by Gasteiger charge is 2.21. The van der Waals surface area contributed by atoms with Crippen LogP contribution in [0.5, 0.6) is 0 Å². The molecule has 4 nitrogen and oxygen atoms in total. The molecule has 14 heavy (non-hydrogen) atoms. The molecule has 0 saturated carbocycles. The van der Waals surface area contributed by atoms with Crippen molar-refractivity contribution in [1.29, 1.82) is 0 Å². The van der Waals surface area contributed by atoms with E-state index >= 15 is 0 Å². The van der Waals surface area contributed by atoms with E-state index in [0.717, 1.165) is 12.8 Å². The summed E-state index contributed by atoms with van der Waals surface area (Å²) >= 11 is 0. The second kappa shape index (κ2) is 6.65. The lowest BCUT2D eigenvalue weighted by Gasteiger charge is -2.28. The van der Waals surface area contributed by atoms with Crippen molar-refractivity contribution >= 4 is 6.03 Å². The van der Waals surface area contributed by atoms with E-state index in [9.17, 15) is 4.79 Å². The molecule has 0 aromatic carbocycles. The minimum atomic E-state index is -0.117. The Bertz CT molecular complexity index is 168. The van der Waals surface area contributed by atoms with Gasteiger partial charge in [-0.3, -0.25) is 0 Å². The summed E-state index contributed by atoms with van der Waals surface area (Å²) in [5, 5.41) is 5.68. The fourth-order valence-corrected chi connectivity index (χ4v) is 1.01. The molecule has 0 bridgehead atoms. The highest BCUT2D eigenvalue weighted by Crippen LogP contribution is 2.12. The Morgan fingerprint density at radius 1 is 1.36 bits per heavy atom. The molecule has 0 fully saturated rings. The summed E-state index contributed by atoms with van der Waals surface area (Å²) < 4.78 is 4.83. The summed E-state index contributed by atoms with van der Waals surface area (Å²) in [6, 6.07) is -0.117. The van der Waals surface area contributed by atoms with E-state index in [4.69, 9.17) is 4.74 Å². The normalized spacial score (nSPS) is 11.1. The topological polar surface area (TPSA) is 50.4 Å². The Kier molecular flexibility index (Phi) is 6.28. The fourth-order valence-electron chi connectivity index (χ4n) is 1.01. The third-order valence-electron chi connectivity index (χ3n) is 2.57. The van der Waals surface area contributed by atoms with Crippen molar-refractivity contribution in [2.75, 3.05) is 20.3 Å². The van der Waals surface area contributed by atoms with Gasteiger partial charge in [0.15, 0.2) is 0 Å². The van der Waals surface area contributed by atoms with Crippen molar-refractivity contribution in [2.45, 2.75) is 39.2 Å². The fraction of sp³-hybridized carbons (Fsp3) is 0.900. The number of nitrogens with one attached hydrogen (secondary N) is 2. The summed E-state index contributed by atoms with van der Waals surface area (Å²) in [5.41, 5.74) is -0.100. The van der Waals surface area contributed by atoms with Crippen LogP contribution in [0.25, 0.3) is 0 Å². The van der Waals surface area contributed by atoms with E-state index in [2.05, 4.69) is 24.5 Å². The molecule has 0 saturated heterocycles. The average molecular weight is 202 g/mol. The van der Waals surface area contributed by atoms with E-state index in [1.807, 2.05) is 6.92 Å². The maximum atomic E-state index is 11.4. The molecule has 0 heterocycles. The second-order valence-corrected chi connectivity index (χ2v) is 3.64. The largest absolute Gasteiger partial charge is 0.383 e. The first-order chi connectivity index (χ1) is 6.58. The van der Waals surface area contributed by atoms with Gasteiger partial charge in [-0.15, -0.1) is 0 Å². The van der Waals surface area contributed by atoms with Crippen molar-refractivity contribution in [3.8, 4) is 0 Å². The smallest absolute Gasteiger partial charge is 0.315 e. The number of hydrogen-bond acceptors (Lipinski definition) is 2. The Balaban J connectivity index is 3.80. The first kappa shape index (κ1) is 13.2. The highest BCUT2D eigenvalue weighted by molar-refractivity contribution is 5.74. The molecule has 0 unspecified atom stereocenters. The number of amides is 2. The van der Waals surface area contributed by atoms with Crippen molar-refractivity contribution < 1.29 is 9.53 Å². The van der Waals surface area contributed by atoms with Crippen molar-refractivity contribution in [3.05, 3.63) is 0 Å². The maximum Gasteiger partial charge on any atom is 0.315 e. The summed E-state index contributed by atoms with van der Waals surface area (Å²) in [4.78, 5) is 11.4. The van der Waals surface area contributed by atoms with E-state index in [1.54, 1.807) is 7.11 Å². The van der Waals surface area contributed by atoms with Gasteiger partial charge in [0.25, 0.3) is 0 Å². The van der Waals surface area contributed by atoms with E-state index < -0.39 is 0 Å². The molecule has 0 aliphatic heterocycles. The molecular weight excluding hydrogens is 180 g/mol. The number of hydrogen-bond donors (Lipinski definition) is 2. The molecule has 0 aromatic rings. The Hall–Kier alpha value is -0.770. The molecule has 2 amide bonds. The lowest BCUT2D eigenvalue weighted by Crippen LogP contribution is -2.50. The minimum absolute atomic E-state index is 0.100. The molecule has 0 rings (SSSR count). The van der Waals surface area contributed by atoms with Gasteiger partial charge in [0, 0.05) is 19.2 Å². The number of ether oxygens (including phenoxy) is 1. The Labute approximate surface area is 86.4 Å². The van der Waals surface area contributed by atoms with Crippen LogP contribution in [-0.4, -0.2) is 31.8 Å². The lowest BCUT2D eigenvalue weighted by molar-refractivity contribution is 0.192. The van der Waals surface area contributed by atoms with Gasteiger partial charge in [0.2, 0.25) is 0 Å². The van der Waals surface area contributed by atoms with Crippen LogP contribution in [0.3, 0.4) is 0 Å². The summed E-state index contributed by atoms with van der Waals surface area (Å²) in [6.45, 7) is 7.27. The van der Waals surface area contributed by atoms with Gasteiger partial charge in [0.1, 0.15) is 0 Å². The first-order valence-corrected chi connectivity index (χ1v) is 5.13. The molecule has 0 aromatic heterocycles. The standard InChI is InChI=1S/C10H22N2O2/c1-5-10(3,6-2)12-9(13)11-7-8-14-4/h5-8H2,1-4H3,(H2,11,12,13). The molecule has 84 valence electrons. The van der Waals surface area contributed by atoms with Gasteiger partial charge < -0.3 is 15.4 Å². The number of urea groups is 1. The van der Waals surface area contributed by atoms with Gasteiger partial charge in [-0.25, -0.2) is 4.79 Å². The average Bonchev–Trinajstić information content (AvgIpc) is 2.18. The number of methoxy groups -OCH3 is 1. The Morgan fingerprint density at radius 3 is 2.36 bits per heavy atom. The first-order valence-electron chi connectivity index (χ1n) is 5.13. The van der Waals surface area contributed by atoms with Crippen molar-refractivity contribution in [1.82, 2.24) is 10.6 Å². The van der Waals surface area contributed by atoms with Crippen molar-refractivity contribution in [2.24, 2.45) is 0 Å². The van der Waals surface area contributed by atoms with Crippen LogP contribution in [0.15, 0.2) is 0 Å². The van der Waals surface area contributed by atoms with E-state index in [0.29, 0.717) is 13.2 Å². The number of carbonyl (C=O) groups excluding carboxylic acids is 1. The predicted octanol–water partition coefficient (Wildman–Crippen LogP) is 1.51. The maximum absolute atomic E-state index is 11.4. The second-order valence-electron chi connectivity index (χ2n) is 3.64. The van der Waals surface area contributed by atoms with E-state index in [1.165, 1.54) is 0 Å². The van der Waals surface area contributed by atoms with Crippen LogP contribution in [0.1, 0.15) is 33.6 Å². The van der Waals surface area contributed by atoms with Gasteiger partial charge in [-0.1, -0.05) is 13.8 Å². The molecular formula is C10H22N2O2. The van der Waals surface area contributed by atoms with Crippen LogP contribution in [-0.2, 0) is 4.74 Å². The zero-order valence-electron chi connectivity index (χ0n) is 9.64. The van der Waals surface area contributed by atoms with Crippen molar-refractivity contribution in [3.63, 3.8) is 0 Å². The SMILES string of the molecule is CCC(C)(CC)NC(=O)NCCOC. The third-order valence-corrected chi connectivity index (χ3v) is 2.57. The monoisotopic (exact) mass is 202 g/mol. The zero-order chi connectivity index (χ0) is 11.0. The molecule has 0 atom stereocenters. The lowest BCUT2D eigenvalue weighted by atomic mass is 9.96. The summed E-state index contributed by atoms with van der Waals surface area (Å²) in [7, 11) is 1.61. The van der Waals surface area contributed by atoms with Gasteiger partial charge in [0.05, 0.1) is 6.61 Å². The third kappa shape index (κ3) is 5.07. The minimum Gasteiger partial charge on any atom is -0.383 e. The molecule has 0 radical (unpaired) electrons. The molecule has 4 heteroatoms. The van der Waals surface area contributed by atoms with Crippen LogP contribution in [0.4, 0.5) is 4.79 Å². The van der Waals surface area contributed by atoms with Crippen LogP contribution in [0.2, 0.25) is 0 Å². The number of carbonyl (C=O) groups is 1. The van der Waals surface area contributed by atoms with Crippen LogP contribution in [0, 0.1) is 0 Å². The molecule has 2 N–H and O–H groups in total. The quantitative estimate of drug-likeness (QED) is 0.641. The summed E-state index contributed by atoms with van der Waals surface area (Å²) in [5.74, 6) is 0. The molecule has 0 spiro atoms. The van der Waals surface area contributed by atoms with Gasteiger partial charge >= 0.3 is 6.03 Å². The van der Waals surface area contributed by atoms with E-state index in [-0.39, 0.29) is 11.6 Å². The van der Waals surface area contributed by atoms with Crippen LogP contribution >= 0.6 is 0 Å². The molecule has 0 aliphatic carbocycles. The van der Waals surface area contributed by atoms with Gasteiger partial charge in [-0.05, 0) is 19.8 Å². The van der Waals surface area contributed by atoms with Crippen LogP contribution < -0.4 is 10.6 Å². The molecule has 0 aliphatic rings. The Morgan fingerprint density at radius 2 is 1.93 bits per heavy atom. The van der Waals surface area contributed by atoms with Gasteiger partial charge in [-0.2, -0.15) is 0 Å².